The molecule has 0 amide bonds. The first kappa shape index (κ1) is 13.5. The zero-order chi connectivity index (χ0) is 13.1. The maximum Gasteiger partial charge on any atom is 0.259 e. The molecule has 1 aromatic carbocycles. The lowest BCUT2D eigenvalue weighted by Crippen LogP contribution is -2.24. The number of halogens is 1. The number of rotatable bonds is 4. The van der Waals surface area contributed by atoms with Gasteiger partial charge in [-0.1, -0.05) is 16.8 Å². The second-order valence-electron chi connectivity index (χ2n) is 4.39. The summed E-state index contributed by atoms with van der Waals surface area (Å²) < 4.78 is 6.46. The van der Waals surface area contributed by atoms with Crippen LogP contribution in [0, 0.1) is 10.5 Å². The third-order valence-corrected chi connectivity index (χ3v) is 3.74. The van der Waals surface area contributed by atoms with Gasteiger partial charge in [0.15, 0.2) is 5.82 Å². The van der Waals surface area contributed by atoms with Crippen LogP contribution in [0.15, 0.2) is 22.7 Å². The molecule has 5 heteroatoms. The molecule has 0 aliphatic carbocycles. The first-order chi connectivity index (χ1) is 8.60. The fraction of sp³-hybridized carbons (Fsp3) is 0.385. The van der Waals surface area contributed by atoms with E-state index in [4.69, 9.17) is 4.52 Å². The Morgan fingerprint density at radius 1 is 1.44 bits per heavy atom. The van der Waals surface area contributed by atoms with Crippen LogP contribution in [0.2, 0.25) is 0 Å². The summed E-state index contributed by atoms with van der Waals surface area (Å²) in [4.78, 5) is 4.45. The summed E-state index contributed by atoms with van der Waals surface area (Å²) >= 11 is 2.28. The summed E-state index contributed by atoms with van der Waals surface area (Å²) in [6, 6.07) is 6.55. The van der Waals surface area contributed by atoms with Crippen molar-refractivity contribution in [2.45, 2.75) is 26.3 Å². The van der Waals surface area contributed by atoms with E-state index in [1.807, 2.05) is 7.05 Å². The van der Waals surface area contributed by atoms with Crippen molar-refractivity contribution in [3.8, 4) is 11.5 Å². The minimum absolute atomic E-state index is 0.340. The van der Waals surface area contributed by atoms with Gasteiger partial charge < -0.3 is 9.84 Å². The molecular weight excluding hydrogens is 341 g/mol. The maximum atomic E-state index is 5.34. The zero-order valence-corrected chi connectivity index (χ0v) is 12.9. The van der Waals surface area contributed by atoms with Gasteiger partial charge in [0.05, 0.1) is 5.56 Å². The van der Waals surface area contributed by atoms with Crippen molar-refractivity contribution in [3.63, 3.8) is 0 Å². The predicted molar refractivity (Wildman–Crippen MR) is 79.4 cm³/mol. The summed E-state index contributed by atoms with van der Waals surface area (Å²) in [5, 5.41) is 7.18. The van der Waals surface area contributed by atoms with Crippen LogP contribution in [0.5, 0.6) is 0 Å². The van der Waals surface area contributed by atoms with Crippen LogP contribution >= 0.6 is 22.6 Å². The van der Waals surface area contributed by atoms with Gasteiger partial charge in [0.1, 0.15) is 0 Å². The number of likely N-dealkylation sites (N-methyl/N-ethyl adjacent to an activating group) is 1. The Kier molecular flexibility index (Phi) is 4.34. The van der Waals surface area contributed by atoms with Crippen molar-refractivity contribution in [2.75, 3.05) is 7.05 Å². The van der Waals surface area contributed by atoms with E-state index in [0.717, 1.165) is 21.4 Å². The fourth-order valence-corrected chi connectivity index (χ4v) is 2.19. The molecule has 18 heavy (non-hydrogen) atoms. The van der Waals surface area contributed by atoms with Gasteiger partial charge in [-0.3, -0.25) is 0 Å². The maximum absolute atomic E-state index is 5.34. The lowest BCUT2D eigenvalue weighted by Gasteiger charge is -2.04. The number of hydrogen-bond acceptors (Lipinski definition) is 4. The van der Waals surface area contributed by atoms with Gasteiger partial charge in [0.2, 0.25) is 0 Å². The first-order valence-electron chi connectivity index (χ1n) is 5.86. The molecule has 0 bridgehead atoms. The van der Waals surface area contributed by atoms with Gasteiger partial charge in [-0.15, -0.1) is 0 Å². The van der Waals surface area contributed by atoms with Crippen molar-refractivity contribution in [1.82, 2.24) is 15.5 Å². The molecule has 2 aromatic rings. The molecule has 0 aliphatic heterocycles. The van der Waals surface area contributed by atoms with E-state index in [1.165, 1.54) is 5.56 Å². The topological polar surface area (TPSA) is 51.0 Å². The molecule has 2 rings (SSSR count). The van der Waals surface area contributed by atoms with Crippen LogP contribution < -0.4 is 5.32 Å². The molecule has 4 nitrogen and oxygen atoms in total. The molecule has 0 radical (unpaired) electrons. The number of aryl methyl sites for hydroxylation is 1. The van der Waals surface area contributed by atoms with Gasteiger partial charge in [-0.05, 0) is 55.6 Å². The molecule has 1 unspecified atom stereocenters. The molecule has 0 spiro atoms. The molecule has 1 N–H and O–H groups in total. The van der Waals surface area contributed by atoms with Crippen LogP contribution in [-0.2, 0) is 6.42 Å². The summed E-state index contributed by atoms with van der Waals surface area (Å²) in [6.45, 7) is 4.15. The lowest BCUT2D eigenvalue weighted by atomic mass is 10.1. The summed E-state index contributed by atoms with van der Waals surface area (Å²) in [7, 11) is 1.93. The Morgan fingerprint density at radius 2 is 2.22 bits per heavy atom. The predicted octanol–water partition coefficient (Wildman–Crippen LogP) is 2.80. The molecule has 1 atom stereocenters. The standard InChI is InChI=1S/C13H16IN3O/c1-8-4-5-11(14)10(6-8)13-16-12(17-18-13)7-9(2)15-3/h4-6,9,15H,7H2,1-3H3. The van der Waals surface area contributed by atoms with Gasteiger partial charge in [-0.25, -0.2) is 0 Å². The van der Waals surface area contributed by atoms with Gasteiger partial charge >= 0.3 is 0 Å². The fourth-order valence-electron chi connectivity index (χ4n) is 1.63. The van der Waals surface area contributed by atoms with Crippen molar-refractivity contribution in [2.24, 2.45) is 0 Å². The number of nitrogens with zero attached hydrogens (tertiary/aromatic N) is 2. The molecule has 1 heterocycles. The minimum Gasteiger partial charge on any atom is -0.334 e. The van der Waals surface area contributed by atoms with Crippen molar-refractivity contribution in [3.05, 3.63) is 33.2 Å². The highest BCUT2D eigenvalue weighted by molar-refractivity contribution is 14.1. The average Bonchev–Trinajstić information content (AvgIpc) is 2.80. The quantitative estimate of drug-likeness (QED) is 0.855. The SMILES string of the molecule is CNC(C)Cc1noc(-c2cc(C)ccc2I)n1. The van der Waals surface area contributed by atoms with E-state index in [-0.39, 0.29) is 0 Å². The van der Waals surface area contributed by atoms with Crippen LogP contribution in [0.25, 0.3) is 11.5 Å². The highest BCUT2D eigenvalue weighted by Crippen LogP contribution is 2.24. The lowest BCUT2D eigenvalue weighted by molar-refractivity contribution is 0.418. The van der Waals surface area contributed by atoms with Crippen LogP contribution in [-0.4, -0.2) is 23.2 Å². The third kappa shape index (κ3) is 3.08. The smallest absolute Gasteiger partial charge is 0.259 e. The molecule has 96 valence electrons. The third-order valence-electron chi connectivity index (χ3n) is 2.80. The van der Waals surface area contributed by atoms with E-state index >= 15 is 0 Å². The Labute approximate surface area is 120 Å². The Hall–Kier alpha value is -0.950. The van der Waals surface area contributed by atoms with Crippen molar-refractivity contribution >= 4 is 22.6 Å². The minimum atomic E-state index is 0.340. The molecule has 0 fully saturated rings. The second kappa shape index (κ2) is 5.79. The Bertz CT molecular complexity index is 539. The first-order valence-corrected chi connectivity index (χ1v) is 6.94. The normalized spacial score (nSPS) is 12.7. The van der Waals surface area contributed by atoms with E-state index in [1.54, 1.807) is 0 Å². The number of benzene rings is 1. The van der Waals surface area contributed by atoms with E-state index in [9.17, 15) is 0 Å². The van der Waals surface area contributed by atoms with Crippen molar-refractivity contribution in [1.29, 1.82) is 0 Å². The Morgan fingerprint density at radius 3 is 2.94 bits per heavy atom. The largest absolute Gasteiger partial charge is 0.334 e. The summed E-state index contributed by atoms with van der Waals surface area (Å²) in [5.41, 5.74) is 2.19. The molecule has 0 saturated heterocycles. The molecule has 0 saturated carbocycles. The van der Waals surface area contributed by atoms with E-state index in [0.29, 0.717) is 11.9 Å². The van der Waals surface area contributed by atoms with Gasteiger partial charge in [-0.2, -0.15) is 4.98 Å². The molecular formula is C13H16IN3O. The Balaban J connectivity index is 2.26. The highest BCUT2D eigenvalue weighted by atomic mass is 127. The number of hydrogen-bond donors (Lipinski definition) is 1. The van der Waals surface area contributed by atoms with Gasteiger partial charge in [0.25, 0.3) is 5.89 Å². The summed E-state index contributed by atoms with van der Waals surface area (Å²) in [5.74, 6) is 1.34. The number of nitrogens with one attached hydrogen (secondary N) is 1. The van der Waals surface area contributed by atoms with E-state index < -0.39 is 0 Å². The molecule has 0 aliphatic rings. The second-order valence-corrected chi connectivity index (χ2v) is 5.56. The summed E-state index contributed by atoms with van der Waals surface area (Å²) in [6.07, 6.45) is 0.766. The monoisotopic (exact) mass is 357 g/mol. The number of aromatic nitrogens is 2. The van der Waals surface area contributed by atoms with E-state index in [2.05, 4.69) is 70.1 Å². The van der Waals surface area contributed by atoms with Gasteiger partial charge in [0, 0.05) is 16.0 Å². The highest BCUT2D eigenvalue weighted by Gasteiger charge is 2.13. The van der Waals surface area contributed by atoms with Crippen LogP contribution in [0.3, 0.4) is 0 Å². The van der Waals surface area contributed by atoms with Crippen LogP contribution in [0.1, 0.15) is 18.3 Å². The van der Waals surface area contributed by atoms with Crippen molar-refractivity contribution < 1.29 is 4.52 Å². The van der Waals surface area contributed by atoms with Crippen LogP contribution in [0.4, 0.5) is 0 Å². The zero-order valence-electron chi connectivity index (χ0n) is 10.7. The average molecular weight is 357 g/mol. The molecule has 1 aromatic heterocycles.